The Hall–Kier alpha value is -0.410. The zero-order chi connectivity index (χ0) is 8.69. The van der Waals surface area contributed by atoms with Crippen LogP contribution < -0.4 is 0 Å². The summed E-state index contributed by atoms with van der Waals surface area (Å²) in [6, 6.07) is 0. The molecule has 3 heteroatoms. The molecular formula is C8H16O3. The Morgan fingerprint density at radius 2 is 2.18 bits per heavy atom. The Labute approximate surface area is 67.7 Å². The molecule has 0 amide bonds. The lowest BCUT2D eigenvalue weighted by Gasteiger charge is -2.10. The van der Waals surface area contributed by atoms with Crippen LogP contribution >= 0.6 is 0 Å². The van der Waals surface area contributed by atoms with Crippen molar-refractivity contribution in [3.05, 3.63) is 0 Å². The molecule has 0 radical (unpaired) electrons. The molecule has 0 aliphatic rings. The number of rotatable bonds is 6. The molecule has 0 saturated carbocycles. The normalized spacial score (nSPS) is 13.0. The standard InChI is InChI=1S/C8H16O3/c1-4-10-6-8(3)11-5-7(2)9/h8H,4-6H2,1-3H3. The highest BCUT2D eigenvalue weighted by atomic mass is 16.5. The van der Waals surface area contributed by atoms with E-state index in [0.29, 0.717) is 13.2 Å². The second-order valence-electron chi connectivity index (χ2n) is 2.48. The molecule has 66 valence electrons. The van der Waals surface area contributed by atoms with Crippen LogP contribution in [-0.4, -0.2) is 31.7 Å². The molecule has 0 aliphatic heterocycles. The Bertz CT molecular complexity index is 112. The van der Waals surface area contributed by atoms with Crippen LogP contribution in [0.1, 0.15) is 20.8 Å². The van der Waals surface area contributed by atoms with Gasteiger partial charge < -0.3 is 9.47 Å². The fourth-order valence-corrected chi connectivity index (χ4v) is 0.592. The average molecular weight is 160 g/mol. The second kappa shape index (κ2) is 6.31. The highest BCUT2D eigenvalue weighted by molar-refractivity contribution is 5.76. The summed E-state index contributed by atoms with van der Waals surface area (Å²) in [5.41, 5.74) is 0. The van der Waals surface area contributed by atoms with E-state index in [1.54, 1.807) is 0 Å². The Morgan fingerprint density at radius 3 is 2.64 bits per heavy atom. The quantitative estimate of drug-likeness (QED) is 0.582. The summed E-state index contributed by atoms with van der Waals surface area (Å²) in [5, 5.41) is 0. The van der Waals surface area contributed by atoms with Gasteiger partial charge in [-0.15, -0.1) is 0 Å². The highest BCUT2D eigenvalue weighted by Gasteiger charge is 2.02. The van der Waals surface area contributed by atoms with Gasteiger partial charge in [0.1, 0.15) is 6.61 Å². The first-order chi connectivity index (χ1) is 5.16. The van der Waals surface area contributed by atoms with Crippen molar-refractivity contribution < 1.29 is 14.3 Å². The van der Waals surface area contributed by atoms with Crippen molar-refractivity contribution in [2.45, 2.75) is 26.9 Å². The number of carbonyl (C=O) groups excluding carboxylic acids is 1. The lowest BCUT2D eigenvalue weighted by atomic mass is 10.4. The minimum Gasteiger partial charge on any atom is -0.379 e. The number of ether oxygens (including phenoxy) is 2. The lowest BCUT2D eigenvalue weighted by Crippen LogP contribution is -2.19. The predicted octanol–water partition coefficient (Wildman–Crippen LogP) is 1.02. The fourth-order valence-electron chi connectivity index (χ4n) is 0.592. The van der Waals surface area contributed by atoms with Gasteiger partial charge in [0.05, 0.1) is 12.7 Å². The third kappa shape index (κ3) is 7.49. The third-order valence-corrected chi connectivity index (χ3v) is 1.13. The Morgan fingerprint density at radius 1 is 1.55 bits per heavy atom. The fraction of sp³-hybridized carbons (Fsp3) is 0.875. The molecule has 0 fully saturated rings. The number of hydrogen-bond donors (Lipinski definition) is 0. The molecule has 3 nitrogen and oxygen atoms in total. The molecule has 0 heterocycles. The van der Waals surface area contributed by atoms with Crippen LogP contribution in [0.3, 0.4) is 0 Å². The van der Waals surface area contributed by atoms with Crippen molar-refractivity contribution in [1.82, 2.24) is 0 Å². The number of hydrogen-bond acceptors (Lipinski definition) is 3. The van der Waals surface area contributed by atoms with Crippen LogP contribution in [0.2, 0.25) is 0 Å². The maximum absolute atomic E-state index is 10.5. The summed E-state index contributed by atoms with van der Waals surface area (Å²) < 4.78 is 10.2. The van der Waals surface area contributed by atoms with Crippen LogP contribution in [-0.2, 0) is 14.3 Å². The Balaban J connectivity index is 3.22. The van der Waals surface area contributed by atoms with Crippen molar-refractivity contribution in [2.75, 3.05) is 19.8 Å². The molecule has 0 rings (SSSR count). The van der Waals surface area contributed by atoms with Crippen molar-refractivity contribution in [1.29, 1.82) is 0 Å². The molecule has 0 aliphatic carbocycles. The zero-order valence-corrected chi connectivity index (χ0v) is 7.42. The number of Topliss-reactive ketones (excluding diaryl/α,β-unsaturated/α-hetero) is 1. The minimum atomic E-state index is 0.0128. The summed E-state index contributed by atoms with van der Waals surface area (Å²) in [7, 11) is 0. The van der Waals surface area contributed by atoms with Gasteiger partial charge in [-0.25, -0.2) is 0 Å². The molecule has 11 heavy (non-hydrogen) atoms. The number of ketones is 1. The first-order valence-corrected chi connectivity index (χ1v) is 3.85. The van der Waals surface area contributed by atoms with Gasteiger partial charge in [-0.1, -0.05) is 0 Å². The molecule has 0 saturated heterocycles. The summed E-state index contributed by atoms with van der Waals surface area (Å²) in [5.74, 6) is 0.0494. The molecule has 0 spiro atoms. The topological polar surface area (TPSA) is 35.5 Å². The van der Waals surface area contributed by atoms with Crippen molar-refractivity contribution in [2.24, 2.45) is 0 Å². The second-order valence-corrected chi connectivity index (χ2v) is 2.48. The van der Waals surface area contributed by atoms with Crippen LogP contribution in [0.25, 0.3) is 0 Å². The average Bonchev–Trinajstić information content (AvgIpc) is 1.97. The van der Waals surface area contributed by atoms with Crippen molar-refractivity contribution in [3.8, 4) is 0 Å². The zero-order valence-electron chi connectivity index (χ0n) is 7.42. The summed E-state index contributed by atoms with van der Waals surface area (Å²) in [4.78, 5) is 10.5. The van der Waals surface area contributed by atoms with E-state index in [9.17, 15) is 4.79 Å². The van der Waals surface area contributed by atoms with Crippen molar-refractivity contribution in [3.63, 3.8) is 0 Å². The van der Waals surface area contributed by atoms with Crippen LogP contribution in [0, 0.1) is 0 Å². The molecule has 1 unspecified atom stereocenters. The summed E-state index contributed by atoms with van der Waals surface area (Å²) in [6.45, 7) is 6.76. The monoisotopic (exact) mass is 160 g/mol. The SMILES string of the molecule is CCOCC(C)OCC(C)=O. The van der Waals surface area contributed by atoms with E-state index in [1.165, 1.54) is 6.92 Å². The Kier molecular flexibility index (Phi) is 6.07. The molecule has 0 aromatic rings. The highest BCUT2D eigenvalue weighted by Crippen LogP contribution is 1.91. The van der Waals surface area contributed by atoms with E-state index in [2.05, 4.69) is 0 Å². The maximum Gasteiger partial charge on any atom is 0.155 e. The lowest BCUT2D eigenvalue weighted by molar-refractivity contribution is -0.124. The first kappa shape index (κ1) is 10.6. The van der Waals surface area contributed by atoms with Gasteiger partial charge >= 0.3 is 0 Å². The van der Waals surface area contributed by atoms with E-state index >= 15 is 0 Å². The predicted molar refractivity (Wildman–Crippen MR) is 42.6 cm³/mol. The largest absolute Gasteiger partial charge is 0.379 e. The van der Waals surface area contributed by atoms with Gasteiger partial charge in [0.2, 0.25) is 0 Å². The summed E-state index contributed by atoms with van der Waals surface area (Å²) in [6.07, 6.45) is 0.0128. The molecule has 0 N–H and O–H groups in total. The van der Waals surface area contributed by atoms with E-state index in [4.69, 9.17) is 9.47 Å². The summed E-state index contributed by atoms with van der Waals surface area (Å²) >= 11 is 0. The van der Waals surface area contributed by atoms with E-state index in [-0.39, 0.29) is 18.5 Å². The third-order valence-electron chi connectivity index (χ3n) is 1.13. The molecule has 0 bridgehead atoms. The molecule has 1 atom stereocenters. The van der Waals surface area contributed by atoms with E-state index < -0.39 is 0 Å². The van der Waals surface area contributed by atoms with Crippen LogP contribution in [0.15, 0.2) is 0 Å². The molecule has 0 aromatic carbocycles. The number of carbonyl (C=O) groups is 1. The van der Waals surface area contributed by atoms with Gasteiger partial charge in [-0.05, 0) is 20.8 Å². The van der Waals surface area contributed by atoms with Crippen LogP contribution in [0.4, 0.5) is 0 Å². The van der Waals surface area contributed by atoms with Gasteiger partial charge in [0.15, 0.2) is 5.78 Å². The van der Waals surface area contributed by atoms with Gasteiger partial charge in [-0.3, -0.25) is 4.79 Å². The molecule has 0 aromatic heterocycles. The smallest absolute Gasteiger partial charge is 0.155 e. The molecular weight excluding hydrogens is 144 g/mol. The van der Waals surface area contributed by atoms with Crippen LogP contribution in [0.5, 0.6) is 0 Å². The van der Waals surface area contributed by atoms with Gasteiger partial charge in [-0.2, -0.15) is 0 Å². The van der Waals surface area contributed by atoms with Crippen molar-refractivity contribution >= 4 is 5.78 Å². The van der Waals surface area contributed by atoms with Gasteiger partial charge in [0.25, 0.3) is 0 Å². The van der Waals surface area contributed by atoms with Gasteiger partial charge in [0, 0.05) is 6.61 Å². The van der Waals surface area contributed by atoms with E-state index in [1.807, 2.05) is 13.8 Å². The minimum absolute atomic E-state index is 0.0128. The maximum atomic E-state index is 10.5. The van der Waals surface area contributed by atoms with E-state index in [0.717, 1.165) is 0 Å². The first-order valence-electron chi connectivity index (χ1n) is 3.85.